The molecule has 1 aliphatic carbocycles. The molecule has 4 rings (SSSR count). The van der Waals surface area contributed by atoms with Gasteiger partial charge in [-0.15, -0.1) is 0 Å². The van der Waals surface area contributed by atoms with Gasteiger partial charge in [-0.3, -0.25) is 9.69 Å². The summed E-state index contributed by atoms with van der Waals surface area (Å²) in [4.78, 5) is 22.8. The number of Topliss-reactive ketones (excluding diaryl/α,β-unsaturated/α-hetero) is 1. The Labute approximate surface area is 136 Å². The van der Waals surface area contributed by atoms with E-state index in [9.17, 15) is 4.79 Å². The van der Waals surface area contributed by atoms with Gasteiger partial charge in [-0.05, 0) is 44.9 Å². The second-order valence-corrected chi connectivity index (χ2v) is 7.00. The van der Waals surface area contributed by atoms with Gasteiger partial charge >= 0.3 is 0 Å². The second kappa shape index (κ2) is 5.73. The molecule has 1 saturated carbocycles. The molecular weight excluding hydrogens is 290 g/mol. The van der Waals surface area contributed by atoms with Crippen LogP contribution in [-0.4, -0.2) is 52.5 Å². The molecule has 2 atom stereocenters. The summed E-state index contributed by atoms with van der Waals surface area (Å²) in [6.45, 7) is 6.20. The van der Waals surface area contributed by atoms with Crippen molar-refractivity contribution >= 4 is 16.8 Å². The normalized spacial score (nSPS) is 25.8. The first-order chi connectivity index (χ1) is 11.1. The first-order valence-corrected chi connectivity index (χ1v) is 8.49. The smallest absolute Gasteiger partial charge is 0.176 e. The monoisotopic (exact) mass is 313 g/mol. The molecule has 0 spiro atoms. The van der Waals surface area contributed by atoms with Gasteiger partial charge in [0.05, 0.1) is 29.8 Å². The van der Waals surface area contributed by atoms with Crippen molar-refractivity contribution in [1.29, 1.82) is 0 Å². The van der Waals surface area contributed by atoms with E-state index in [-0.39, 0.29) is 18.0 Å². The number of benzene rings is 1. The minimum absolute atomic E-state index is 0.163. The van der Waals surface area contributed by atoms with Crippen LogP contribution in [0.25, 0.3) is 11.0 Å². The molecule has 2 heterocycles. The average Bonchev–Trinajstić information content (AvgIpc) is 3.25. The standard InChI is InChI=1S/C18H23N3O2/c1-11-8-21(9-12(2)23-11)10-17(22)14-5-6-15-16(7-14)20-18(19-15)13-3-4-13/h5-7,11-13H,3-4,8-10H2,1-2H3,(H,19,20). The first kappa shape index (κ1) is 14.8. The summed E-state index contributed by atoms with van der Waals surface area (Å²) in [6.07, 6.45) is 2.81. The number of nitrogens with zero attached hydrogens (tertiary/aromatic N) is 2. The fraction of sp³-hybridized carbons (Fsp3) is 0.556. The third-order valence-corrected chi connectivity index (χ3v) is 4.65. The topological polar surface area (TPSA) is 58.2 Å². The lowest BCUT2D eigenvalue weighted by atomic mass is 10.1. The highest BCUT2D eigenvalue weighted by Crippen LogP contribution is 2.39. The van der Waals surface area contributed by atoms with Crippen LogP contribution in [0.1, 0.15) is 48.8 Å². The number of fused-ring (bicyclic) bond motifs is 1. The maximum atomic E-state index is 12.6. The maximum absolute atomic E-state index is 12.6. The SMILES string of the molecule is CC1CN(CC(=O)c2ccc3nc(C4CC4)[nH]c3c2)CC(C)O1. The van der Waals surface area contributed by atoms with Gasteiger partial charge in [0.1, 0.15) is 5.82 Å². The zero-order valence-corrected chi connectivity index (χ0v) is 13.7. The Kier molecular flexibility index (Phi) is 3.70. The summed E-state index contributed by atoms with van der Waals surface area (Å²) >= 11 is 0. The molecule has 0 amide bonds. The Morgan fingerprint density at radius 3 is 2.74 bits per heavy atom. The van der Waals surface area contributed by atoms with E-state index in [4.69, 9.17) is 4.74 Å². The van der Waals surface area contributed by atoms with Gasteiger partial charge < -0.3 is 9.72 Å². The number of aromatic nitrogens is 2. The molecule has 2 fully saturated rings. The van der Waals surface area contributed by atoms with Crippen molar-refractivity contribution < 1.29 is 9.53 Å². The number of ether oxygens (including phenoxy) is 1. The van der Waals surface area contributed by atoms with Crippen molar-refractivity contribution in [1.82, 2.24) is 14.9 Å². The largest absolute Gasteiger partial charge is 0.373 e. The van der Waals surface area contributed by atoms with Gasteiger partial charge in [0.15, 0.2) is 5.78 Å². The Bertz CT molecular complexity index is 725. The van der Waals surface area contributed by atoms with E-state index in [1.807, 2.05) is 18.2 Å². The van der Waals surface area contributed by atoms with Gasteiger partial charge in [-0.1, -0.05) is 0 Å². The van der Waals surface area contributed by atoms with Crippen LogP contribution in [0, 0.1) is 0 Å². The van der Waals surface area contributed by atoms with Crippen LogP contribution in [0.4, 0.5) is 0 Å². The number of nitrogens with one attached hydrogen (secondary N) is 1. The molecule has 1 aromatic heterocycles. The lowest BCUT2D eigenvalue weighted by Gasteiger charge is -2.34. The molecule has 1 aliphatic heterocycles. The van der Waals surface area contributed by atoms with Crippen LogP contribution >= 0.6 is 0 Å². The minimum atomic E-state index is 0.163. The zero-order chi connectivity index (χ0) is 16.0. The molecule has 0 bridgehead atoms. The molecule has 2 unspecified atom stereocenters. The van der Waals surface area contributed by atoms with Crippen LogP contribution in [0.2, 0.25) is 0 Å². The van der Waals surface area contributed by atoms with Crippen molar-refractivity contribution in [3.05, 3.63) is 29.6 Å². The highest BCUT2D eigenvalue weighted by Gasteiger charge is 2.27. The number of H-pyrrole nitrogens is 1. The van der Waals surface area contributed by atoms with Gasteiger partial charge in [-0.25, -0.2) is 4.98 Å². The number of aromatic amines is 1. The molecule has 2 aliphatic rings. The number of carbonyl (C=O) groups excluding carboxylic acids is 1. The highest BCUT2D eigenvalue weighted by atomic mass is 16.5. The van der Waals surface area contributed by atoms with E-state index >= 15 is 0 Å². The van der Waals surface area contributed by atoms with Crippen molar-refractivity contribution in [3.8, 4) is 0 Å². The quantitative estimate of drug-likeness (QED) is 0.882. The van der Waals surface area contributed by atoms with E-state index in [0.717, 1.165) is 35.5 Å². The minimum Gasteiger partial charge on any atom is -0.373 e. The van der Waals surface area contributed by atoms with Gasteiger partial charge in [-0.2, -0.15) is 0 Å². The van der Waals surface area contributed by atoms with E-state index in [1.54, 1.807) is 0 Å². The highest BCUT2D eigenvalue weighted by molar-refractivity contribution is 6.00. The van der Waals surface area contributed by atoms with Crippen LogP contribution < -0.4 is 0 Å². The molecule has 1 saturated heterocycles. The van der Waals surface area contributed by atoms with Crippen molar-refractivity contribution in [2.75, 3.05) is 19.6 Å². The van der Waals surface area contributed by atoms with E-state index in [0.29, 0.717) is 12.5 Å². The predicted molar refractivity (Wildman–Crippen MR) is 88.8 cm³/mol. The van der Waals surface area contributed by atoms with Crippen LogP contribution in [0.5, 0.6) is 0 Å². The summed E-state index contributed by atoms with van der Waals surface area (Å²) in [5, 5.41) is 0. The molecule has 23 heavy (non-hydrogen) atoms. The number of rotatable bonds is 4. The molecule has 5 nitrogen and oxygen atoms in total. The Balaban J connectivity index is 1.50. The van der Waals surface area contributed by atoms with Crippen molar-refractivity contribution in [2.24, 2.45) is 0 Å². The second-order valence-electron chi connectivity index (χ2n) is 7.00. The predicted octanol–water partition coefficient (Wildman–Crippen LogP) is 2.73. The first-order valence-electron chi connectivity index (χ1n) is 8.49. The van der Waals surface area contributed by atoms with Gasteiger partial charge in [0.2, 0.25) is 0 Å². The molecular formula is C18H23N3O2. The molecule has 1 N–H and O–H groups in total. The van der Waals surface area contributed by atoms with E-state index in [1.165, 1.54) is 12.8 Å². The van der Waals surface area contributed by atoms with Gasteiger partial charge in [0, 0.05) is 24.6 Å². The summed E-state index contributed by atoms with van der Waals surface area (Å²) in [5.74, 6) is 1.83. The summed E-state index contributed by atoms with van der Waals surface area (Å²) in [6, 6.07) is 5.80. The van der Waals surface area contributed by atoms with Crippen molar-refractivity contribution in [2.45, 2.75) is 44.8 Å². The number of hydrogen-bond donors (Lipinski definition) is 1. The molecule has 1 aromatic carbocycles. The summed E-state index contributed by atoms with van der Waals surface area (Å²) < 4.78 is 5.73. The number of carbonyl (C=O) groups is 1. The van der Waals surface area contributed by atoms with Crippen molar-refractivity contribution in [3.63, 3.8) is 0 Å². The summed E-state index contributed by atoms with van der Waals surface area (Å²) in [7, 11) is 0. The lowest BCUT2D eigenvalue weighted by Crippen LogP contribution is -2.47. The Hall–Kier alpha value is -1.72. The number of morpholine rings is 1. The van der Waals surface area contributed by atoms with E-state index < -0.39 is 0 Å². The number of imidazole rings is 1. The fourth-order valence-corrected chi connectivity index (χ4v) is 3.46. The number of ketones is 1. The molecule has 5 heteroatoms. The van der Waals surface area contributed by atoms with Crippen LogP contribution in [0.15, 0.2) is 18.2 Å². The number of hydrogen-bond acceptors (Lipinski definition) is 4. The van der Waals surface area contributed by atoms with E-state index in [2.05, 4.69) is 28.7 Å². The lowest BCUT2D eigenvalue weighted by molar-refractivity contribution is -0.0652. The molecule has 0 radical (unpaired) electrons. The summed E-state index contributed by atoms with van der Waals surface area (Å²) in [5.41, 5.74) is 2.69. The van der Waals surface area contributed by atoms with Crippen LogP contribution in [-0.2, 0) is 4.74 Å². The Morgan fingerprint density at radius 1 is 1.30 bits per heavy atom. The maximum Gasteiger partial charge on any atom is 0.176 e. The molecule has 2 aromatic rings. The molecule has 122 valence electrons. The third kappa shape index (κ3) is 3.16. The zero-order valence-electron chi connectivity index (χ0n) is 13.7. The average molecular weight is 313 g/mol. The Morgan fingerprint density at radius 2 is 2.04 bits per heavy atom. The van der Waals surface area contributed by atoms with Gasteiger partial charge in [0.25, 0.3) is 0 Å². The third-order valence-electron chi connectivity index (χ3n) is 4.65. The fourth-order valence-electron chi connectivity index (χ4n) is 3.46. The van der Waals surface area contributed by atoms with Crippen LogP contribution in [0.3, 0.4) is 0 Å².